The van der Waals surface area contributed by atoms with Gasteiger partial charge in [-0.15, -0.1) is 5.10 Å². The van der Waals surface area contributed by atoms with Crippen molar-refractivity contribution in [1.82, 2.24) is 20.8 Å². The highest BCUT2D eigenvalue weighted by Crippen LogP contribution is 2.27. The first-order chi connectivity index (χ1) is 12.3. The summed E-state index contributed by atoms with van der Waals surface area (Å²) in [6.45, 7) is 3.62. The number of piperidine rings is 1. The largest absolute Gasteiger partial charge is 0.456 e. The maximum atomic E-state index is 12.5. The lowest BCUT2D eigenvalue weighted by molar-refractivity contribution is 0.0909. The molecule has 0 bridgehead atoms. The quantitative estimate of drug-likeness (QED) is 0.878. The molecule has 0 aliphatic carbocycles. The molecule has 1 unspecified atom stereocenters. The molecular weight excluding hydrogens is 318 g/mol. The minimum atomic E-state index is -0.133. The van der Waals surface area contributed by atoms with Crippen LogP contribution >= 0.6 is 0 Å². The lowest BCUT2D eigenvalue weighted by Gasteiger charge is -2.20. The van der Waals surface area contributed by atoms with E-state index < -0.39 is 0 Å². The minimum Gasteiger partial charge on any atom is -0.456 e. The molecule has 132 valence electrons. The smallest absolute Gasteiger partial charge is 0.287 e. The summed E-state index contributed by atoms with van der Waals surface area (Å²) in [6, 6.07) is 7.66. The Bertz CT molecular complexity index is 711. The van der Waals surface area contributed by atoms with E-state index in [9.17, 15) is 4.79 Å². The maximum absolute atomic E-state index is 12.5. The van der Waals surface area contributed by atoms with Crippen LogP contribution in [-0.2, 0) is 0 Å². The van der Waals surface area contributed by atoms with Crippen molar-refractivity contribution in [3.05, 3.63) is 42.0 Å². The molecule has 2 aliphatic heterocycles. The van der Waals surface area contributed by atoms with Gasteiger partial charge in [-0.2, -0.15) is 5.10 Å². The average molecular weight is 341 g/mol. The highest BCUT2D eigenvalue weighted by molar-refractivity contribution is 5.91. The molecule has 7 heteroatoms. The molecule has 25 heavy (non-hydrogen) atoms. The normalized spacial score (nSPS) is 21.4. The van der Waals surface area contributed by atoms with Gasteiger partial charge in [0.1, 0.15) is 5.76 Å². The van der Waals surface area contributed by atoms with Crippen LogP contribution in [0.5, 0.6) is 0 Å². The summed E-state index contributed by atoms with van der Waals surface area (Å²) in [5.74, 6) is 2.48. The third-order valence-corrected chi connectivity index (χ3v) is 5.00. The van der Waals surface area contributed by atoms with E-state index in [0.717, 1.165) is 57.0 Å². The van der Waals surface area contributed by atoms with Crippen LogP contribution in [0.4, 0.5) is 5.82 Å². The van der Waals surface area contributed by atoms with Crippen LogP contribution in [0.1, 0.15) is 41.5 Å². The van der Waals surface area contributed by atoms with Gasteiger partial charge < -0.3 is 20.0 Å². The summed E-state index contributed by atoms with van der Waals surface area (Å²) in [5.41, 5.74) is 0. The number of hydrogen-bond donors (Lipinski definition) is 2. The molecular formula is C18H23N5O2. The lowest BCUT2D eigenvalue weighted by Crippen LogP contribution is -2.37. The summed E-state index contributed by atoms with van der Waals surface area (Å²) < 4.78 is 5.83. The number of carbonyl (C=O) groups excluding carboxylic acids is 1. The molecule has 7 nitrogen and oxygen atoms in total. The lowest BCUT2D eigenvalue weighted by atomic mass is 9.96. The van der Waals surface area contributed by atoms with E-state index in [4.69, 9.17) is 4.42 Å². The Labute approximate surface area is 146 Å². The average Bonchev–Trinajstić information content (AvgIpc) is 3.33. The van der Waals surface area contributed by atoms with Crippen LogP contribution in [0.3, 0.4) is 0 Å². The molecule has 0 radical (unpaired) electrons. The molecule has 1 atom stereocenters. The van der Waals surface area contributed by atoms with Crippen molar-refractivity contribution in [3.63, 3.8) is 0 Å². The van der Waals surface area contributed by atoms with Gasteiger partial charge in [-0.1, -0.05) is 0 Å². The van der Waals surface area contributed by atoms with E-state index in [1.54, 1.807) is 12.3 Å². The molecule has 2 fully saturated rings. The number of furan rings is 1. The van der Waals surface area contributed by atoms with Gasteiger partial charge in [0.25, 0.3) is 5.91 Å². The number of carbonyl (C=O) groups is 1. The highest BCUT2D eigenvalue weighted by Gasteiger charge is 2.27. The molecule has 2 aliphatic rings. The Morgan fingerprint density at radius 2 is 2.12 bits per heavy atom. The molecule has 0 aromatic carbocycles. The summed E-state index contributed by atoms with van der Waals surface area (Å²) in [7, 11) is 0. The fourth-order valence-electron chi connectivity index (χ4n) is 3.61. The van der Waals surface area contributed by atoms with Crippen molar-refractivity contribution in [3.8, 4) is 0 Å². The number of anilines is 1. The molecule has 2 N–H and O–H groups in total. The predicted molar refractivity (Wildman–Crippen MR) is 93.7 cm³/mol. The second-order valence-electron chi connectivity index (χ2n) is 6.71. The molecule has 4 heterocycles. The third-order valence-electron chi connectivity index (χ3n) is 5.00. The topological polar surface area (TPSA) is 83.3 Å². The third kappa shape index (κ3) is 3.66. The molecule has 2 saturated heterocycles. The number of amides is 1. The molecule has 1 amide bonds. The standard InChI is InChI=1S/C18H23N5O2/c24-18(16-4-3-15(25-16)13-5-9-19-10-6-13)21-14-7-11-23(12-14)17-2-1-8-20-22-17/h1-4,8,13-14,19H,5-7,9-12H2,(H,21,24). The number of hydrogen-bond acceptors (Lipinski definition) is 6. The van der Waals surface area contributed by atoms with Gasteiger partial charge in [-0.05, 0) is 56.6 Å². The zero-order valence-corrected chi connectivity index (χ0v) is 14.1. The van der Waals surface area contributed by atoms with Gasteiger partial charge in [0, 0.05) is 31.2 Å². The van der Waals surface area contributed by atoms with Crippen LogP contribution in [0.25, 0.3) is 0 Å². The van der Waals surface area contributed by atoms with Crippen molar-refractivity contribution < 1.29 is 9.21 Å². The highest BCUT2D eigenvalue weighted by atomic mass is 16.4. The van der Waals surface area contributed by atoms with Gasteiger partial charge in [-0.3, -0.25) is 4.79 Å². The zero-order valence-electron chi connectivity index (χ0n) is 14.1. The predicted octanol–water partition coefficient (Wildman–Crippen LogP) is 1.55. The first-order valence-corrected chi connectivity index (χ1v) is 8.93. The summed E-state index contributed by atoms with van der Waals surface area (Å²) in [5, 5.41) is 14.5. The summed E-state index contributed by atoms with van der Waals surface area (Å²) in [6.07, 6.45) is 4.68. The fraction of sp³-hybridized carbons (Fsp3) is 0.500. The Balaban J connectivity index is 1.34. The van der Waals surface area contributed by atoms with Gasteiger partial charge in [0.2, 0.25) is 0 Å². The van der Waals surface area contributed by atoms with E-state index >= 15 is 0 Å². The van der Waals surface area contributed by atoms with Crippen molar-refractivity contribution >= 4 is 11.7 Å². The first-order valence-electron chi connectivity index (χ1n) is 8.93. The molecule has 4 rings (SSSR count). The Morgan fingerprint density at radius 1 is 1.24 bits per heavy atom. The van der Waals surface area contributed by atoms with Crippen molar-refractivity contribution in [2.75, 3.05) is 31.1 Å². The number of aromatic nitrogens is 2. The number of nitrogens with zero attached hydrogens (tertiary/aromatic N) is 3. The van der Waals surface area contributed by atoms with E-state index in [1.165, 1.54) is 0 Å². The van der Waals surface area contributed by atoms with Crippen LogP contribution in [0.2, 0.25) is 0 Å². The van der Waals surface area contributed by atoms with Crippen LogP contribution < -0.4 is 15.5 Å². The van der Waals surface area contributed by atoms with E-state index in [2.05, 4.69) is 25.7 Å². The number of nitrogens with one attached hydrogen (secondary N) is 2. The SMILES string of the molecule is O=C(NC1CCN(c2cccnn2)C1)c1ccc(C2CCNCC2)o1. The van der Waals surface area contributed by atoms with Gasteiger partial charge >= 0.3 is 0 Å². The zero-order chi connectivity index (χ0) is 17.1. The Hall–Kier alpha value is -2.41. The van der Waals surface area contributed by atoms with Crippen molar-refractivity contribution in [1.29, 1.82) is 0 Å². The second kappa shape index (κ2) is 7.23. The van der Waals surface area contributed by atoms with Crippen LogP contribution in [-0.4, -0.2) is 48.3 Å². The summed E-state index contributed by atoms with van der Waals surface area (Å²) in [4.78, 5) is 14.6. The second-order valence-corrected chi connectivity index (χ2v) is 6.71. The summed E-state index contributed by atoms with van der Waals surface area (Å²) >= 11 is 0. The monoisotopic (exact) mass is 341 g/mol. The van der Waals surface area contributed by atoms with Gasteiger partial charge in [0.05, 0.1) is 0 Å². The molecule has 0 spiro atoms. The van der Waals surface area contributed by atoms with E-state index in [0.29, 0.717) is 11.7 Å². The maximum Gasteiger partial charge on any atom is 0.287 e. The molecule has 0 saturated carbocycles. The molecule has 2 aromatic rings. The van der Waals surface area contributed by atoms with Crippen molar-refractivity contribution in [2.24, 2.45) is 0 Å². The van der Waals surface area contributed by atoms with Gasteiger partial charge in [-0.25, -0.2) is 0 Å². The minimum absolute atomic E-state index is 0.0990. The van der Waals surface area contributed by atoms with Crippen LogP contribution in [0.15, 0.2) is 34.9 Å². The van der Waals surface area contributed by atoms with Crippen LogP contribution in [0, 0.1) is 0 Å². The Morgan fingerprint density at radius 3 is 2.92 bits per heavy atom. The van der Waals surface area contributed by atoms with E-state index in [1.807, 2.05) is 18.2 Å². The molecule has 2 aromatic heterocycles. The van der Waals surface area contributed by atoms with E-state index in [-0.39, 0.29) is 11.9 Å². The van der Waals surface area contributed by atoms with Gasteiger partial charge in [0.15, 0.2) is 11.6 Å². The number of rotatable bonds is 4. The Kier molecular flexibility index (Phi) is 4.65. The fourth-order valence-corrected chi connectivity index (χ4v) is 3.61. The first kappa shape index (κ1) is 16.1. The van der Waals surface area contributed by atoms with Crippen molar-refractivity contribution in [2.45, 2.75) is 31.2 Å².